The lowest BCUT2D eigenvalue weighted by atomic mass is 10.2. The van der Waals surface area contributed by atoms with Gasteiger partial charge in [0.15, 0.2) is 0 Å². The molecule has 2 aromatic rings. The second kappa shape index (κ2) is 4.53. The fourth-order valence-corrected chi connectivity index (χ4v) is 1.51. The monoisotopic (exact) mass is 234 g/mol. The third-order valence-corrected chi connectivity index (χ3v) is 2.66. The molecule has 0 radical (unpaired) electrons. The largest absolute Gasteiger partial charge is 0.457 e. The molecule has 88 valence electrons. The van der Waals surface area contributed by atoms with Gasteiger partial charge in [0.05, 0.1) is 0 Å². The standard InChI is InChI=1S/C14H12F2O/c1-9-11(15)5-3-7-13(9)17-14-8-4-6-12(16)10(14)2/h3-8H,1-2H3. The van der Waals surface area contributed by atoms with Crippen LogP contribution < -0.4 is 4.74 Å². The summed E-state index contributed by atoms with van der Waals surface area (Å²) < 4.78 is 32.1. The first-order chi connectivity index (χ1) is 8.09. The van der Waals surface area contributed by atoms with Crippen molar-refractivity contribution >= 4 is 0 Å². The molecule has 0 aromatic heterocycles. The summed E-state index contributed by atoms with van der Waals surface area (Å²) >= 11 is 0. The van der Waals surface area contributed by atoms with Crippen LogP contribution in [0.3, 0.4) is 0 Å². The number of halogens is 2. The molecule has 0 heterocycles. The topological polar surface area (TPSA) is 9.23 Å². The molecule has 0 N–H and O–H groups in total. The van der Waals surface area contributed by atoms with Gasteiger partial charge in [0.1, 0.15) is 23.1 Å². The summed E-state index contributed by atoms with van der Waals surface area (Å²) in [5, 5.41) is 0. The van der Waals surface area contributed by atoms with Crippen molar-refractivity contribution in [2.45, 2.75) is 13.8 Å². The second-order valence-electron chi connectivity index (χ2n) is 3.83. The van der Waals surface area contributed by atoms with E-state index >= 15 is 0 Å². The van der Waals surface area contributed by atoms with Gasteiger partial charge in [-0.3, -0.25) is 0 Å². The fourth-order valence-electron chi connectivity index (χ4n) is 1.51. The van der Waals surface area contributed by atoms with Crippen molar-refractivity contribution in [3.05, 3.63) is 59.2 Å². The number of rotatable bonds is 2. The minimum Gasteiger partial charge on any atom is -0.457 e. The van der Waals surface area contributed by atoms with Gasteiger partial charge < -0.3 is 4.74 Å². The maximum absolute atomic E-state index is 13.3. The first kappa shape index (κ1) is 11.6. The highest BCUT2D eigenvalue weighted by Gasteiger charge is 2.09. The van der Waals surface area contributed by atoms with Crippen molar-refractivity contribution in [2.24, 2.45) is 0 Å². The average molecular weight is 234 g/mol. The zero-order valence-corrected chi connectivity index (χ0v) is 9.63. The van der Waals surface area contributed by atoms with Crippen LogP contribution in [-0.2, 0) is 0 Å². The van der Waals surface area contributed by atoms with Crippen LogP contribution in [0.2, 0.25) is 0 Å². The zero-order valence-electron chi connectivity index (χ0n) is 9.63. The van der Waals surface area contributed by atoms with Crippen molar-refractivity contribution < 1.29 is 13.5 Å². The molecule has 0 aliphatic heterocycles. The van der Waals surface area contributed by atoms with Gasteiger partial charge >= 0.3 is 0 Å². The molecule has 0 atom stereocenters. The lowest BCUT2D eigenvalue weighted by Gasteiger charge is -2.11. The highest BCUT2D eigenvalue weighted by Crippen LogP contribution is 2.29. The Balaban J connectivity index is 2.38. The van der Waals surface area contributed by atoms with E-state index in [1.54, 1.807) is 38.1 Å². The third kappa shape index (κ3) is 2.28. The Morgan fingerprint density at radius 2 is 1.18 bits per heavy atom. The van der Waals surface area contributed by atoms with Gasteiger partial charge in [-0.25, -0.2) is 8.78 Å². The molecule has 0 amide bonds. The van der Waals surface area contributed by atoms with Crippen molar-refractivity contribution in [2.75, 3.05) is 0 Å². The predicted octanol–water partition coefficient (Wildman–Crippen LogP) is 4.37. The van der Waals surface area contributed by atoms with Gasteiger partial charge in [-0.05, 0) is 38.1 Å². The molecule has 1 nitrogen and oxygen atoms in total. The quantitative estimate of drug-likeness (QED) is 0.749. The Kier molecular flexibility index (Phi) is 3.09. The second-order valence-corrected chi connectivity index (χ2v) is 3.83. The molecule has 2 aromatic carbocycles. The first-order valence-corrected chi connectivity index (χ1v) is 5.27. The lowest BCUT2D eigenvalue weighted by Crippen LogP contribution is -1.93. The Hall–Kier alpha value is -1.90. The fraction of sp³-hybridized carbons (Fsp3) is 0.143. The summed E-state index contributed by atoms with van der Waals surface area (Å²) in [5.41, 5.74) is 0.826. The molecule has 0 aliphatic carbocycles. The highest BCUT2D eigenvalue weighted by atomic mass is 19.1. The summed E-state index contributed by atoms with van der Waals surface area (Å²) in [5.74, 6) is 0.130. The number of ether oxygens (including phenoxy) is 1. The van der Waals surface area contributed by atoms with E-state index in [0.29, 0.717) is 22.6 Å². The molecule has 0 saturated carbocycles. The molecule has 0 bridgehead atoms. The van der Waals surface area contributed by atoms with E-state index in [1.165, 1.54) is 12.1 Å². The maximum atomic E-state index is 13.3. The van der Waals surface area contributed by atoms with Gasteiger partial charge in [-0.15, -0.1) is 0 Å². The van der Waals surface area contributed by atoms with Crippen molar-refractivity contribution in [1.29, 1.82) is 0 Å². The van der Waals surface area contributed by atoms with E-state index in [0.717, 1.165) is 0 Å². The van der Waals surface area contributed by atoms with E-state index in [9.17, 15) is 8.78 Å². The zero-order chi connectivity index (χ0) is 12.4. The SMILES string of the molecule is Cc1c(F)cccc1Oc1cccc(F)c1C. The summed E-state index contributed by atoms with van der Waals surface area (Å²) in [6.07, 6.45) is 0. The Bertz CT molecular complexity index is 500. The van der Waals surface area contributed by atoms with Gasteiger partial charge in [0.25, 0.3) is 0 Å². The predicted molar refractivity (Wildman–Crippen MR) is 62.3 cm³/mol. The lowest BCUT2D eigenvalue weighted by molar-refractivity contribution is 0.461. The van der Waals surface area contributed by atoms with Crippen molar-refractivity contribution in [1.82, 2.24) is 0 Å². The highest BCUT2D eigenvalue weighted by molar-refractivity contribution is 5.41. The van der Waals surface area contributed by atoms with E-state index < -0.39 is 0 Å². The van der Waals surface area contributed by atoms with Crippen LogP contribution in [0.15, 0.2) is 36.4 Å². The number of hydrogen-bond donors (Lipinski definition) is 0. The van der Waals surface area contributed by atoms with Gasteiger partial charge in [-0.2, -0.15) is 0 Å². The number of hydrogen-bond acceptors (Lipinski definition) is 1. The van der Waals surface area contributed by atoms with Crippen molar-refractivity contribution in [3.63, 3.8) is 0 Å². The average Bonchev–Trinajstić information content (AvgIpc) is 2.31. The van der Waals surface area contributed by atoms with Gasteiger partial charge in [0.2, 0.25) is 0 Å². The minimum absolute atomic E-state index is 0.337. The van der Waals surface area contributed by atoms with Gasteiger partial charge in [-0.1, -0.05) is 12.1 Å². The molecule has 0 spiro atoms. The van der Waals surface area contributed by atoms with Crippen LogP contribution >= 0.6 is 0 Å². The van der Waals surface area contributed by atoms with E-state index in [1.807, 2.05) is 0 Å². The van der Waals surface area contributed by atoms with Crippen LogP contribution in [0.4, 0.5) is 8.78 Å². The third-order valence-electron chi connectivity index (χ3n) is 2.66. The summed E-state index contributed by atoms with van der Waals surface area (Å²) in [4.78, 5) is 0. The van der Waals surface area contributed by atoms with E-state index in [4.69, 9.17) is 4.74 Å². The maximum Gasteiger partial charge on any atom is 0.133 e. The smallest absolute Gasteiger partial charge is 0.133 e. The molecule has 0 aliphatic rings. The minimum atomic E-state index is -0.337. The van der Waals surface area contributed by atoms with E-state index in [2.05, 4.69) is 0 Å². The van der Waals surface area contributed by atoms with Crippen LogP contribution in [0.5, 0.6) is 11.5 Å². The molecule has 0 saturated heterocycles. The van der Waals surface area contributed by atoms with Crippen molar-refractivity contribution in [3.8, 4) is 11.5 Å². The number of benzene rings is 2. The Labute approximate surface area is 98.7 Å². The van der Waals surface area contributed by atoms with E-state index in [-0.39, 0.29) is 11.6 Å². The normalized spacial score (nSPS) is 10.4. The Morgan fingerprint density at radius 1 is 0.765 bits per heavy atom. The van der Waals surface area contributed by atoms with Gasteiger partial charge in [0, 0.05) is 11.1 Å². The summed E-state index contributed by atoms with van der Waals surface area (Å²) in [7, 11) is 0. The first-order valence-electron chi connectivity index (χ1n) is 5.27. The van der Waals surface area contributed by atoms with Crippen LogP contribution in [0, 0.1) is 25.5 Å². The molecule has 2 rings (SSSR count). The summed E-state index contributed by atoms with van der Waals surface area (Å²) in [6.45, 7) is 3.25. The van der Waals surface area contributed by atoms with Crippen LogP contribution in [0.25, 0.3) is 0 Å². The molecule has 0 unspecified atom stereocenters. The molecular formula is C14H12F2O. The Morgan fingerprint density at radius 3 is 1.59 bits per heavy atom. The molecular weight excluding hydrogens is 222 g/mol. The summed E-state index contributed by atoms with van der Waals surface area (Å²) in [6, 6.07) is 9.16. The molecule has 17 heavy (non-hydrogen) atoms. The molecule has 0 fully saturated rings. The molecule has 3 heteroatoms. The van der Waals surface area contributed by atoms with Crippen LogP contribution in [0.1, 0.15) is 11.1 Å². The van der Waals surface area contributed by atoms with Crippen LogP contribution in [-0.4, -0.2) is 0 Å².